The number of hydrogen-bond donors (Lipinski definition) is 1. The van der Waals surface area contributed by atoms with Gasteiger partial charge < -0.3 is 10.1 Å². The first kappa shape index (κ1) is 22.0. The van der Waals surface area contributed by atoms with Gasteiger partial charge in [0.25, 0.3) is 0 Å². The molecule has 0 unspecified atom stereocenters. The zero-order valence-corrected chi connectivity index (χ0v) is 19.6. The SMILES string of the molecule is COc1ccc(C)cc1NC(=O)CSc1ccc(-c2sc(-c3ccccc3)nc2C)nn1. The Bertz CT molecular complexity index is 1220. The summed E-state index contributed by atoms with van der Waals surface area (Å²) in [6, 6.07) is 19.6. The molecule has 2 aromatic heterocycles. The summed E-state index contributed by atoms with van der Waals surface area (Å²) >= 11 is 2.94. The van der Waals surface area contributed by atoms with Gasteiger partial charge in [-0.15, -0.1) is 21.5 Å². The molecule has 32 heavy (non-hydrogen) atoms. The van der Waals surface area contributed by atoms with Crippen LogP contribution in [0.4, 0.5) is 5.69 Å². The standard InChI is InChI=1S/C24H22N4O2S2/c1-15-9-11-20(30-3)19(13-15)26-21(29)14-31-22-12-10-18(27-28-22)23-16(2)25-24(32-23)17-7-5-4-6-8-17/h4-13H,14H2,1-3H3,(H,26,29). The van der Waals surface area contributed by atoms with Crippen molar-refractivity contribution in [2.45, 2.75) is 18.9 Å². The lowest BCUT2D eigenvalue weighted by molar-refractivity contribution is -0.113. The number of anilines is 1. The summed E-state index contributed by atoms with van der Waals surface area (Å²) in [6.45, 7) is 3.95. The number of carbonyl (C=O) groups is 1. The fraction of sp³-hybridized carbons (Fsp3) is 0.167. The molecule has 1 amide bonds. The van der Waals surface area contributed by atoms with Gasteiger partial charge in [-0.3, -0.25) is 4.79 Å². The van der Waals surface area contributed by atoms with Gasteiger partial charge in [0.05, 0.1) is 29.1 Å². The number of thiazole rings is 1. The number of ether oxygens (including phenoxy) is 1. The van der Waals surface area contributed by atoms with E-state index >= 15 is 0 Å². The highest BCUT2D eigenvalue weighted by molar-refractivity contribution is 7.99. The van der Waals surface area contributed by atoms with Crippen LogP contribution in [0, 0.1) is 13.8 Å². The molecule has 0 saturated carbocycles. The van der Waals surface area contributed by atoms with Crippen molar-refractivity contribution in [2.24, 2.45) is 0 Å². The van der Waals surface area contributed by atoms with Crippen LogP contribution in [0.15, 0.2) is 65.7 Å². The molecule has 2 aromatic carbocycles. The number of carbonyl (C=O) groups excluding carboxylic acids is 1. The predicted molar refractivity (Wildman–Crippen MR) is 130 cm³/mol. The van der Waals surface area contributed by atoms with E-state index in [0.717, 1.165) is 32.4 Å². The van der Waals surface area contributed by atoms with Gasteiger partial charge in [0.1, 0.15) is 21.5 Å². The molecule has 0 radical (unpaired) electrons. The number of aromatic nitrogens is 3. The number of aryl methyl sites for hydroxylation is 2. The average molecular weight is 463 g/mol. The first-order valence-electron chi connectivity index (χ1n) is 9.97. The van der Waals surface area contributed by atoms with Crippen LogP contribution < -0.4 is 10.1 Å². The van der Waals surface area contributed by atoms with Crippen LogP contribution in [-0.4, -0.2) is 34.0 Å². The van der Waals surface area contributed by atoms with Crippen molar-refractivity contribution < 1.29 is 9.53 Å². The van der Waals surface area contributed by atoms with Gasteiger partial charge in [0.15, 0.2) is 0 Å². The number of thioether (sulfide) groups is 1. The van der Waals surface area contributed by atoms with Gasteiger partial charge in [0.2, 0.25) is 5.91 Å². The molecule has 0 saturated heterocycles. The lowest BCUT2D eigenvalue weighted by atomic mass is 10.2. The molecular weight excluding hydrogens is 440 g/mol. The number of nitrogens with one attached hydrogen (secondary N) is 1. The molecule has 8 heteroatoms. The van der Waals surface area contributed by atoms with E-state index in [1.54, 1.807) is 18.4 Å². The van der Waals surface area contributed by atoms with Gasteiger partial charge in [-0.25, -0.2) is 4.98 Å². The van der Waals surface area contributed by atoms with Crippen molar-refractivity contribution in [1.29, 1.82) is 0 Å². The molecule has 2 heterocycles. The molecule has 1 N–H and O–H groups in total. The van der Waals surface area contributed by atoms with Gasteiger partial charge in [-0.2, -0.15) is 0 Å². The van der Waals surface area contributed by atoms with Crippen LogP contribution in [0.25, 0.3) is 21.1 Å². The molecule has 0 atom stereocenters. The summed E-state index contributed by atoms with van der Waals surface area (Å²) in [5.74, 6) is 0.728. The van der Waals surface area contributed by atoms with Crippen molar-refractivity contribution in [1.82, 2.24) is 15.2 Å². The van der Waals surface area contributed by atoms with Gasteiger partial charge in [-0.05, 0) is 43.7 Å². The molecule has 162 valence electrons. The third kappa shape index (κ3) is 5.15. The fourth-order valence-corrected chi connectivity index (χ4v) is 4.75. The molecule has 0 aliphatic carbocycles. The van der Waals surface area contributed by atoms with Crippen LogP contribution in [0.3, 0.4) is 0 Å². The van der Waals surface area contributed by atoms with E-state index in [1.165, 1.54) is 11.8 Å². The number of hydrogen-bond acceptors (Lipinski definition) is 7. The van der Waals surface area contributed by atoms with Crippen molar-refractivity contribution in [2.75, 3.05) is 18.2 Å². The molecule has 4 aromatic rings. The Hall–Kier alpha value is -3.23. The van der Waals surface area contributed by atoms with E-state index in [2.05, 4.69) is 20.5 Å². The minimum Gasteiger partial charge on any atom is -0.495 e. The molecule has 0 fully saturated rings. The molecule has 0 bridgehead atoms. The second kappa shape index (κ2) is 9.93. The number of nitrogens with zero attached hydrogens (tertiary/aromatic N) is 3. The summed E-state index contributed by atoms with van der Waals surface area (Å²) < 4.78 is 5.31. The lowest BCUT2D eigenvalue weighted by Gasteiger charge is -2.10. The maximum Gasteiger partial charge on any atom is 0.234 e. The quantitative estimate of drug-likeness (QED) is 0.359. The minimum absolute atomic E-state index is 0.129. The molecule has 0 aliphatic rings. The Balaban J connectivity index is 1.40. The van der Waals surface area contributed by atoms with E-state index in [-0.39, 0.29) is 11.7 Å². The second-order valence-electron chi connectivity index (χ2n) is 7.10. The average Bonchev–Trinajstić information content (AvgIpc) is 3.20. The van der Waals surface area contributed by atoms with E-state index < -0.39 is 0 Å². The highest BCUT2D eigenvalue weighted by atomic mass is 32.2. The van der Waals surface area contributed by atoms with Crippen LogP contribution in [-0.2, 0) is 4.79 Å². The van der Waals surface area contributed by atoms with Crippen molar-refractivity contribution in [3.8, 4) is 26.9 Å². The van der Waals surface area contributed by atoms with Crippen LogP contribution in [0.1, 0.15) is 11.3 Å². The smallest absolute Gasteiger partial charge is 0.234 e. The second-order valence-corrected chi connectivity index (χ2v) is 9.09. The monoisotopic (exact) mass is 462 g/mol. The Kier molecular flexibility index (Phi) is 6.82. The molecule has 6 nitrogen and oxygen atoms in total. The van der Waals surface area contributed by atoms with Gasteiger partial charge in [-0.1, -0.05) is 48.2 Å². The Labute approximate surface area is 195 Å². The van der Waals surface area contributed by atoms with Crippen molar-refractivity contribution in [3.05, 3.63) is 71.9 Å². The Morgan fingerprint density at radius 3 is 2.59 bits per heavy atom. The lowest BCUT2D eigenvalue weighted by Crippen LogP contribution is -2.15. The normalized spacial score (nSPS) is 10.7. The summed E-state index contributed by atoms with van der Waals surface area (Å²) in [4.78, 5) is 18.1. The van der Waals surface area contributed by atoms with Crippen molar-refractivity contribution in [3.63, 3.8) is 0 Å². The number of methoxy groups -OCH3 is 1. The summed E-state index contributed by atoms with van der Waals surface area (Å²) in [5, 5.41) is 13.2. The van der Waals surface area contributed by atoms with E-state index in [4.69, 9.17) is 4.74 Å². The molecular formula is C24H22N4O2S2. The molecule has 4 rings (SSSR count). The van der Waals surface area contributed by atoms with Gasteiger partial charge >= 0.3 is 0 Å². The third-order valence-electron chi connectivity index (χ3n) is 4.67. The van der Waals surface area contributed by atoms with Crippen LogP contribution >= 0.6 is 23.1 Å². The number of rotatable bonds is 7. The number of amides is 1. The van der Waals surface area contributed by atoms with E-state index in [1.807, 2.05) is 74.5 Å². The van der Waals surface area contributed by atoms with Crippen molar-refractivity contribution >= 4 is 34.7 Å². The van der Waals surface area contributed by atoms with Gasteiger partial charge in [0, 0.05) is 5.56 Å². The molecule has 0 spiro atoms. The van der Waals surface area contributed by atoms with Crippen LogP contribution in [0.2, 0.25) is 0 Å². The van der Waals surface area contributed by atoms with E-state index in [0.29, 0.717) is 16.5 Å². The maximum absolute atomic E-state index is 12.4. The minimum atomic E-state index is -0.129. The zero-order valence-electron chi connectivity index (χ0n) is 18.0. The Morgan fingerprint density at radius 1 is 1.06 bits per heavy atom. The van der Waals surface area contributed by atoms with E-state index in [9.17, 15) is 4.79 Å². The first-order valence-corrected chi connectivity index (χ1v) is 11.8. The predicted octanol–water partition coefficient (Wildman–Crippen LogP) is 5.62. The third-order valence-corrected chi connectivity index (χ3v) is 6.82. The fourth-order valence-electron chi connectivity index (χ4n) is 3.10. The first-order chi connectivity index (χ1) is 15.5. The van der Waals surface area contributed by atoms with Crippen LogP contribution in [0.5, 0.6) is 5.75 Å². The Morgan fingerprint density at radius 2 is 1.88 bits per heavy atom. The topological polar surface area (TPSA) is 77.0 Å². The highest BCUT2D eigenvalue weighted by Gasteiger charge is 2.14. The maximum atomic E-state index is 12.4. The summed E-state index contributed by atoms with van der Waals surface area (Å²) in [6.07, 6.45) is 0. The summed E-state index contributed by atoms with van der Waals surface area (Å²) in [7, 11) is 1.58. The summed E-state index contributed by atoms with van der Waals surface area (Å²) in [5.41, 5.74) is 4.50. The molecule has 0 aliphatic heterocycles. The zero-order chi connectivity index (χ0) is 22.5. The highest BCUT2D eigenvalue weighted by Crippen LogP contribution is 2.34. The largest absolute Gasteiger partial charge is 0.495 e. The number of benzene rings is 2.